The van der Waals surface area contributed by atoms with E-state index in [9.17, 15) is 14.4 Å². The van der Waals surface area contributed by atoms with E-state index in [0.29, 0.717) is 11.4 Å². The summed E-state index contributed by atoms with van der Waals surface area (Å²) in [5.74, 6) is -0.199. The molecule has 2 aromatic rings. The number of rotatable bonds is 4. The van der Waals surface area contributed by atoms with Gasteiger partial charge in [0.05, 0.1) is 12.1 Å². The maximum Gasteiger partial charge on any atom is 0.267 e. The third kappa shape index (κ3) is 3.42. The zero-order chi connectivity index (χ0) is 19.8. The van der Waals surface area contributed by atoms with Gasteiger partial charge >= 0.3 is 0 Å². The average Bonchev–Trinajstić information content (AvgIpc) is 2.99. The molecule has 1 unspecified atom stereocenters. The number of hydrogen-bond acceptors (Lipinski definition) is 4. The Morgan fingerprint density at radius 3 is 2.57 bits per heavy atom. The van der Waals surface area contributed by atoms with Crippen LogP contribution in [-0.2, 0) is 16.1 Å². The number of benzene rings is 1. The molecule has 2 heterocycles. The van der Waals surface area contributed by atoms with Crippen molar-refractivity contribution < 1.29 is 14.4 Å². The minimum absolute atomic E-state index is 0.147. The van der Waals surface area contributed by atoms with Gasteiger partial charge < -0.3 is 5.73 Å². The van der Waals surface area contributed by atoms with Crippen molar-refractivity contribution in [1.82, 2.24) is 9.88 Å². The van der Waals surface area contributed by atoms with E-state index in [1.807, 2.05) is 18.2 Å². The van der Waals surface area contributed by atoms with Gasteiger partial charge in [-0.2, -0.15) is 0 Å². The maximum atomic E-state index is 11.9. The van der Waals surface area contributed by atoms with Crippen LogP contribution in [0.25, 0.3) is 16.5 Å². The molecule has 6 nitrogen and oxygen atoms in total. The van der Waals surface area contributed by atoms with Crippen molar-refractivity contribution in [3.63, 3.8) is 0 Å². The SMILES string of the molecule is CC1CC=C(c2cc(C(N)=O)nc3cc(CN4C(=O)CCC4=O)ccc23)CC1. The molecule has 4 rings (SSSR count). The Labute approximate surface area is 163 Å². The van der Waals surface area contributed by atoms with Gasteiger partial charge in [0.1, 0.15) is 5.69 Å². The number of nitrogens with two attached hydrogens (primary N) is 1. The Morgan fingerprint density at radius 1 is 1.18 bits per heavy atom. The maximum absolute atomic E-state index is 11.9. The van der Waals surface area contributed by atoms with Crippen molar-refractivity contribution in [3.05, 3.63) is 47.2 Å². The highest BCUT2D eigenvalue weighted by molar-refractivity contribution is 6.02. The van der Waals surface area contributed by atoms with Gasteiger partial charge in [0.15, 0.2) is 0 Å². The number of primary amides is 1. The Hall–Kier alpha value is -3.02. The lowest BCUT2D eigenvalue weighted by molar-refractivity contribution is -0.139. The van der Waals surface area contributed by atoms with Crippen molar-refractivity contribution in [3.8, 4) is 0 Å². The van der Waals surface area contributed by atoms with Crippen LogP contribution < -0.4 is 5.73 Å². The molecule has 3 amide bonds. The number of allylic oxidation sites excluding steroid dienone is 2. The molecule has 144 valence electrons. The lowest BCUT2D eigenvalue weighted by Crippen LogP contribution is -2.28. The number of carbonyl (C=O) groups is 3. The Bertz CT molecular complexity index is 1010. The van der Waals surface area contributed by atoms with E-state index < -0.39 is 5.91 Å². The predicted octanol–water partition coefficient (Wildman–Crippen LogP) is 3.19. The van der Waals surface area contributed by atoms with E-state index >= 15 is 0 Å². The minimum atomic E-state index is -0.566. The van der Waals surface area contributed by atoms with Crippen LogP contribution in [0.3, 0.4) is 0 Å². The summed E-state index contributed by atoms with van der Waals surface area (Å²) >= 11 is 0. The second-order valence-corrected chi connectivity index (χ2v) is 7.75. The number of pyridine rings is 1. The second kappa shape index (κ2) is 7.19. The van der Waals surface area contributed by atoms with E-state index in [2.05, 4.69) is 18.0 Å². The topological polar surface area (TPSA) is 93.4 Å². The molecule has 2 N–H and O–H groups in total. The van der Waals surface area contributed by atoms with Gasteiger partial charge in [-0.05, 0) is 54.0 Å². The van der Waals surface area contributed by atoms with E-state index in [1.54, 1.807) is 6.07 Å². The van der Waals surface area contributed by atoms with E-state index in [4.69, 9.17) is 5.73 Å². The van der Waals surface area contributed by atoms with Gasteiger partial charge in [-0.25, -0.2) is 4.98 Å². The highest BCUT2D eigenvalue weighted by atomic mass is 16.2. The fraction of sp³-hybridized carbons (Fsp3) is 0.364. The Kier molecular flexibility index (Phi) is 4.71. The summed E-state index contributed by atoms with van der Waals surface area (Å²) in [7, 11) is 0. The number of amides is 3. The zero-order valence-corrected chi connectivity index (χ0v) is 15.9. The number of imide groups is 1. The van der Waals surface area contributed by atoms with Crippen molar-refractivity contribution in [1.29, 1.82) is 0 Å². The fourth-order valence-corrected chi connectivity index (χ4v) is 3.96. The van der Waals surface area contributed by atoms with Gasteiger partial charge in [0.2, 0.25) is 11.8 Å². The van der Waals surface area contributed by atoms with Crippen molar-refractivity contribution in [2.45, 2.75) is 45.6 Å². The lowest BCUT2D eigenvalue weighted by Gasteiger charge is -2.20. The summed E-state index contributed by atoms with van der Waals surface area (Å²) in [5, 5.41) is 0.952. The Morgan fingerprint density at radius 2 is 1.93 bits per heavy atom. The summed E-state index contributed by atoms with van der Waals surface area (Å²) in [5.41, 5.74) is 9.41. The minimum Gasteiger partial charge on any atom is -0.364 e. The van der Waals surface area contributed by atoms with Crippen molar-refractivity contribution in [2.75, 3.05) is 0 Å². The molecule has 1 fully saturated rings. The molecule has 1 aliphatic heterocycles. The summed E-state index contributed by atoms with van der Waals surface area (Å²) in [6, 6.07) is 7.50. The molecule has 1 aliphatic carbocycles. The third-order valence-corrected chi connectivity index (χ3v) is 5.64. The first-order valence-corrected chi connectivity index (χ1v) is 9.68. The fourth-order valence-electron chi connectivity index (χ4n) is 3.96. The number of carbonyl (C=O) groups excluding carboxylic acids is 3. The van der Waals surface area contributed by atoms with Crippen molar-refractivity contribution in [2.24, 2.45) is 11.7 Å². The highest BCUT2D eigenvalue weighted by Crippen LogP contribution is 2.34. The van der Waals surface area contributed by atoms with Crippen LogP contribution in [0, 0.1) is 5.92 Å². The first-order valence-electron chi connectivity index (χ1n) is 9.68. The zero-order valence-electron chi connectivity index (χ0n) is 15.9. The van der Waals surface area contributed by atoms with Gasteiger partial charge in [-0.1, -0.05) is 25.1 Å². The van der Waals surface area contributed by atoms with E-state index in [0.717, 1.165) is 35.8 Å². The van der Waals surface area contributed by atoms with Crippen LogP contribution in [0.5, 0.6) is 0 Å². The summed E-state index contributed by atoms with van der Waals surface area (Å²) in [6.45, 7) is 2.46. The van der Waals surface area contributed by atoms with Crippen LogP contribution in [-0.4, -0.2) is 27.6 Å². The second-order valence-electron chi connectivity index (χ2n) is 7.75. The molecule has 6 heteroatoms. The molecule has 28 heavy (non-hydrogen) atoms. The molecule has 0 radical (unpaired) electrons. The molecule has 0 spiro atoms. The Balaban J connectivity index is 1.77. The number of aromatic nitrogens is 1. The highest BCUT2D eigenvalue weighted by Gasteiger charge is 2.28. The molecule has 1 aromatic heterocycles. The van der Waals surface area contributed by atoms with Crippen LogP contribution in [0.1, 0.15) is 60.6 Å². The molecule has 1 atom stereocenters. The average molecular weight is 377 g/mol. The number of fused-ring (bicyclic) bond motifs is 1. The summed E-state index contributed by atoms with van der Waals surface area (Å²) < 4.78 is 0. The van der Waals surface area contributed by atoms with Gasteiger partial charge in [-0.3, -0.25) is 19.3 Å². The first-order chi connectivity index (χ1) is 13.4. The molecule has 2 aliphatic rings. The third-order valence-electron chi connectivity index (χ3n) is 5.64. The van der Waals surface area contributed by atoms with E-state index in [1.165, 1.54) is 10.5 Å². The number of nitrogens with zero attached hydrogens (tertiary/aromatic N) is 2. The van der Waals surface area contributed by atoms with Gasteiger partial charge in [0.25, 0.3) is 5.91 Å². The standard InChI is InChI=1S/C22H23N3O3/c1-13-2-5-15(6-3-13)17-11-19(22(23)28)24-18-10-14(4-7-16(17)18)12-25-20(26)8-9-21(25)27/h4-5,7,10-11,13H,2-3,6,8-9,12H2,1H3,(H2,23,28). The molecule has 0 saturated carbocycles. The van der Waals surface area contributed by atoms with Crippen LogP contribution in [0.15, 0.2) is 30.3 Å². The summed E-state index contributed by atoms with van der Waals surface area (Å²) in [6.07, 6.45) is 5.86. The van der Waals surface area contributed by atoms with Crippen LogP contribution >= 0.6 is 0 Å². The first kappa shape index (κ1) is 18.3. The predicted molar refractivity (Wildman–Crippen MR) is 106 cm³/mol. The number of hydrogen-bond donors (Lipinski definition) is 1. The summed E-state index contributed by atoms with van der Waals surface area (Å²) in [4.78, 5) is 41.3. The van der Waals surface area contributed by atoms with Gasteiger partial charge in [-0.15, -0.1) is 0 Å². The molecule has 1 aromatic carbocycles. The van der Waals surface area contributed by atoms with Crippen LogP contribution in [0.4, 0.5) is 0 Å². The monoisotopic (exact) mass is 377 g/mol. The van der Waals surface area contributed by atoms with E-state index in [-0.39, 0.29) is 36.9 Å². The van der Waals surface area contributed by atoms with Crippen molar-refractivity contribution >= 4 is 34.2 Å². The molecule has 0 bridgehead atoms. The normalized spacial score (nSPS) is 20.0. The molecular formula is C22H23N3O3. The quantitative estimate of drug-likeness (QED) is 0.828. The number of likely N-dealkylation sites (tertiary alicyclic amines) is 1. The largest absolute Gasteiger partial charge is 0.364 e. The molecule has 1 saturated heterocycles. The smallest absolute Gasteiger partial charge is 0.267 e. The lowest BCUT2D eigenvalue weighted by atomic mass is 9.86. The van der Waals surface area contributed by atoms with Gasteiger partial charge in [0, 0.05) is 18.2 Å². The van der Waals surface area contributed by atoms with Crippen LogP contribution in [0.2, 0.25) is 0 Å². The molecular weight excluding hydrogens is 354 g/mol.